The summed E-state index contributed by atoms with van der Waals surface area (Å²) in [7, 11) is 2.15. The molecule has 2 aromatic carbocycles. The van der Waals surface area contributed by atoms with Gasteiger partial charge in [0.05, 0.1) is 11.4 Å². The van der Waals surface area contributed by atoms with Gasteiger partial charge in [0.1, 0.15) is 0 Å². The second kappa shape index (κ2) is 4.71. The minimum atomic E-state index is 0.316. The minimum absolute atomic E-state index is 0.316. The molecule has 1 aliphatic heterocycles. The van der Waals surface area contributed by atoms with E-state index in [1.54, 1.807) is 0 Å². The third-order valence-electron chi connectivity index (χ3n) is 3.54. The zero-order chi connectivity index (χ0) is 13.6. The first-order valence-electron chi connectivity index (χ1n) is 6.41. The predicted molar refractivity (Wildman–Crippen MR) is 90.7 cm³/mol. The predicted octanol–water partition coefficient (Wildman–Crippen LogP) is 4.61. The summed E-state index contributed by atoms with van der Waals surface area (Å²) in [5, 5.41) is 0. The van der Waals surface area contributed by atoms with Crippen LogP contribution in [0.4, 0.5) is 17.1 Å². The Labute approximate surface area is 128 Å². The van der Waals surface area contributed by atoms with Crippen LogP contribution in [0.25, 0.3) is 0 Å². The number of halogens is 1. The zero-order valence-corrected chi connectivity index (χ0v) is 13.5. The molecule has 0 amide bonds. The molecule has 0 aromatic heterocycles. The van der Waals surface area contributed by atoms with Crippen LogP contribution in [-0.4, -0.2) is 11.2 Å². The van der Waals surface area contributed by atoms with Gasteiger partial charge in [0.25, 0.3) is 0 Å². The fourth-order valence-electron chi connectivity index (χ4n) is 2.72. The maximum Gasteiger partial charge on any atom is 0.159 e. The first-order chi connectivity index (χ1) is 9.08. The molecule has 0 fully saturated rings. The summed E-state index contributed by atoms with van der Waals surface area (Å²) in [6, 6.07) is 15.3. The van der Waals surface area contributed by atoms with Crippen LogP contribution >= 0.6 is 22.6 Å². The van der Waals surface area contributed by atoms with E-state index in [0.717, 1.165) is 0 Å². The van der Waals surface area contributed by atoms with Crippen molar-refractivity contribution >= 4 is 39.7 Å². The number of anilines is 3. The lowest BCUT2D eigenvalue weighted by Crippen LogP contribution is -2.32. The Kier molecular flexibility index (Phi) is 3.17. The van der Waals surface area contributed by atoms with Crippen LogP contribution in [0.3, 0.4) is 0 Å². The van der Waals surface area contributed by atoms with E-state index in [-0.39, 0.29) is 0 Å². The number of aryl methyl sites for hydroxylation is 2. The number of nitrogens with zero attached hydrogens (tertiary/aromatic N) is 2. The highest BCUT2D eigenvalue weighted by atomic mass is 127. The average molecular weight is 364 g/mol. The SMILES string of the molecule is Cc1cc(C)cc(N2c3ccccc3N(C)C2I)c1. The summed E-state index contributed by atoms with van der Waals surface area (Å²) in [5.41, 5.74) is 6.47. The third-order valence-corrected chi connectivity index (χ3v) is 4.93. The highest BCUT2D eigenvalue weighted by Gasteiger charge is 2.32. The summed E-state index contributed by atoms with van der Waals surface area (Å²) in [6.45, 7) is 4.31. The monoisotopic (exact) mass is 364 g/mol. The van der Waals surface area contributed by atoms with Crippen molar-refractivity contribution in [3.8, 4) is 0 Å². The van der Waals surface area contributed by atoms with E-state index >= 15 is 0 Å². The Hall–Kier alpha value is -1.23. The van der Waals surface area contributed by atoms with Gasteiger partial charge in [-0.25, -0.2) is 0 Å². The molecule has 1 atom stereocenters. The van der Waals surface area contributed by atoms with Gasteiger partial charge in [0.2, 0.25) is 0 Å². The molecular formula is C16H17IN2. The maximum absolute atomic E-state index is 2.49. The fraction of sp³-hybridized carbons (Fsp3) is 0.250. The first kappa shape index (κ1) is 12.8. The molecule has 98 valence electrons. The topological polar surface area (TPSA) is 6.48 Å². The normalized spacial score (nSPS) is 17.8. The van der Waals surface area contributed by atoms with Crippen molar-refractivity contribution in [3.05, 3.63) is 53.6 Å². The highest BCUT2D eigenvalue weighted by molar-refractivity contribution is 14.1. The number of benzene rings is 2. The van der Waals surface area contributed by atoms with Gasteiger partial charge in [-0.15, -0.1) is 0 Å². The maximum atomic E-state index is 2.49. The molecule has 0 N–H and O–H groups in total. The van der Waals surface area contributed by atoms with Crippen LogP contribution in [0.1, 0.15) is 11.1 Å². The minimum Gasteiger partial charge on any atom is -0.344 e. The van der Waals surface area contributed by atoms with Gasteiger partial charge in [0, 0.05) is 12.7 Å². The van der Waals surface area contributed by atoms with Crippen LogP contribution in [-0.2, 0) is 0 Å². The second-order valence-corrected chi connectivity index (χ2v) is 6.24. The number of hydrogen-bond acceptors (Lipinski definition) is 2. The van der Waals surface area contributed by atoms with E-state index in [9.17, 15) is 0 Å². The standard InChI is InChI=1S/C16H17IN2/c1-11-8-12(2)10-13(9-11)19-15-7-5-4-6-14(15)18(3)16(19)17/h4-10,16H,1-3H3. The number of alkyl halides is 1. The number of fused-ring (bicyclic) bond motifs is 1. The zero-order valence-electron chi connectivity index (χ0n) is 11.4. The smallest absolute Gasteiger partial charge is 0.159 e. The second-order valence-electron chi connectivity index (χ2n) is 5.13. The lowest BCUT2D eigenvalue weighted by atomic mass is 10.1. The Morgan fingerprint density at radius 2 is 1.53 bits per heavy atom. The van der Waals surface area contributed by atoms with Crippen molar-refractivity contribution in [3.63, 3.8) is 0 Å². The molecule has 0 spiro atoms. The van der Waals surface area contributed by atoms with Crippen LogP contribution in [0.2, 0.25) is 0 Å². The van der Waals surface area contributed by atoms with Gasteiger partial charge >= 0.3 is 0 Å². The van der Waals surface area contributed by atoms with Crippen LogP contribution in [0.5, 0.6) is 0 Å². The Bertz CT molecular complexity index is 604. The summed E-state index contributed by atoms with van der Waals surface area (Å²) in [5.74, 6) is 0. The van der Waals surface area contributed by atoms with Gasteiger partial charge in [0.15, 0.2) is 4.17 Å². The van der Waals surface area contributed by atoms with E-state index in [4.69, 9.17) is 0 Å². The third kappa shape index (κ3) is 2.10. The van der Waals surface area contributed by atoms with Gasteiger partial charge in [-0.3, -0.25) is 0 Å². The van der Waals surface area contributed by atoms with Crippen molar-refractivity contribution in [2.45, 2.75) is 18.0 Å². The van der Waals surface area contributed by atoms with Gasteiger partial charge in [-0.2, -0.15) is 0 Å². The van der Waals surface area contributed by atoms with Crippen LogP contribution in [0, 0.1) is 13.8 Å². The molecule has 1 aliphatic rings. The first-order valence-corrected chi connectivity index (χ1v) is 7.66. The summed E-state index contributed by atoms with van der Waals surface area (Å²) >= 11 is 2.49. The van der Waals surface area contributed by atoms with Gasteiger partial charge in [-0.1, -0.05) is 18.2 Å². The summed E-state index contributed by atoms with van der Waals surface area (Å²) < 4.78 is 0.316. The fourth-order valence-corrected chi connectivity index (χ4v) is 3.64. The lowest BCUT2D eigenvalue weighted by Gasteiger charge is -2.26. The van der Waals surface area contributed by atoms with E-state index in [0.29, 0.717) is 4.17 Å². The van der Waals surface area contributed by atoms with E-state index < -0.39 is 0 Å². The highest BCUT2D eigenvalue weighted by Crippen LogP contribution is 2.45. The Morgan fingerprint density at radius 1 is 0.947 bits per heavy atom. The Balaban J connectivity index is 2.15. The number of hydrogen-bond donors (Lipinski definition) is 0. The number of rotatable bonds is 1. The van der Waals surface area contributed by atoms with Crippen molar-refractivity contribution in [2.75, 3.05) is 16.8 Å². The molecule has 2 aromatic rings. The average Bonchev–Trinajstić information content (AvgIpc) is 2.61. The lowest BCUT2D eigenvalue weighted by molar-refractivity contribution is 0.917. The summed E-state index contributed by atoms with van der Waals surface area (Å²) in [4.78, 5) is 4.71. The molecule has 19 heavy (non-hydrogen) atoms. The molecule has 0 aliphatic carbocycles. The Morgan fingerprint density at radius 3 is 2.16 bits per heavy atom. The van der Waals surface area contributed by atoms with Crippen molar-refractivity contribution < 1.29 is 0 Å². The summed E-state index contributed by atoms with van der Waals surface area (Å²) in [6.07, 6.45) is 0. The molecular weight excluding hydrogens is 347 g/mol. The molecule has 1 heterocycles. The largest absolute Gasteiger partial charge is 0.344 e. The van der Waals surface area contributed by atoms with E-state index in [1.165, 1.54) is 28.2 Å². The molecule has 1 unspecified atom stereocenters. The van der Waals surface area contributed by atoms with Crippen molar-refractivity contribution in [1.82, 2.24) is 0 Å². The van der Waals surface area contributed by atoms with Crippen LogP contribution in [0.15, 0.2) is 42.5 Å². The van der Waals surface area contributed by atoms with Gasteiger partial charge < -0.3 is 9.80 Å². The molecule has 0 saturated carbocycles. The number of para-hydroxylation sites is 2. The molecule has 2 nitrogen and oxygen atoms in total. The van der Waals surface area contributed by atoms with Gasteiger partial charge in [-0.05, 0) is 71.8 Å². The van der Waals surface area contributed by atoms with Crippen LogP contribution < -0.4 is 9.80 Å². The van der Waals surface area contributed by atoms with E-state index in [2.05, 4.69) is 95.8 Å². The quantitative estimate of drug-likeness (QED) is 0.414. The molecule has 0 saturated heterocycles. The van der Waals surface area contributed by atoms with E-state index in [1.807, 2.05) is 0 Å². The molecule has 3 heteroatoms. The molecule has 3 rings (SSSR count). The van der Waals surface area contributed by atoms with Crippen molar-refractivity contribution in [2.24, 2.45) is 0 Å². The molecule has 0 bridgehead atoms. The molecule has 0 radical (unpaired) electrons. The van der Waals surface area contributed by atoms with Crippen molar-refractivity contribution in [1.29, 1.82) is 0 Å².